The van der Waals surface area contributed by atoms with Gasteiger partial charge in [0.15, 0.2) is 0 Å². The van der Waals surface area contributed by atoms with Gasteiger partial charge < -0.3 is 4.90 Å². The first-order chi connectivity index (χ1) is 12.1. The molecule has 0 saturated carbocycles. The highest BCUT2D eigenvalue weighted by Crippen LogP contribution is 2.30. The lowest BCUT2D eigenvalue weighted by Gasteiger charge is -2.36. The molecule has 2 aromatic carbocycles. The van der Waals surface area contributed by atoms with E-state index in [4.69, 9.17) is 0 Å². The van der Waals surface area contributed by atoms with Gasteiger partial charge in [-0.15, -0.1) is 0 Å². The molecule has 1 aromatic heterocycles. The fraction of sp³-hybridized carbons (Fsp3) is 0.333. The monoisotopic (exact) mass is 333 g/mol. The maximum Gasteiger partial charge on any atom is 0.272 e. The van der Waals surface area contributed by atoms with Crippen LogP contribution in [0.4, 0.5) is 5.69 Å². The molecule has 1 N–H and O–H groups in total. The number of H-pyrrole nitrogens is 1. The van der Waals surface area contributed by atoms with Crippen LogP contribution in [-0.2, 0) is 0 Å². The molecule has 4 nitrogen and oxygen atoms in total. The second kappa shape index (κ2) is 6.36. The lowest BCUT2D eigenvalue weighted by atomic mass is 9.88. The predicted octanol–water partition coefficient (Wildman–Crippen LogP) is 4.07. The lowest BCUT2D eigenvalue weighted by molar-refractivity contribution is 0.324. The lowest BCUT2D eigenvalue weighted by Crippen LogP contribution is -2.38. The van der Waals surface area contributed by atoms with Crippen molar-refractivity contribution < 1.29 is 0 Å². The Bertz CT molecular complexity index is 945. The Morgan fingerprint density at radius 1 is 1.00 bits per heavy atom. The normalized spacial score (nSPS) is 20.8. The quantitative estimate of drug-likeness (QED) is 0.769. The molecule has 4 rings (SSSR count). The van der Waals surface area contributed by atoms with Crippen LogP contribution in [0.1, 0.15) is 20.3 Å². The number of benzene rings is 2. The molecule has 2 unspecified atom stereocenters. The van der Waals surface area contributed by atoms with Crippen molar-refractivity contribution >= 4 is 16.5 Å². The van der Waals surface area contributed by atoms with Gasteiger partial charge in [-0.3, -0.25) is 4.79 Å². The second-order valence-corrected chi connectivity index (χ2v) is 7.18. The molecular weight excluding hydrogens is 310 g/mol. The van der Waals surface area contributed by atoms with Gasteiger partial charge in [-0.2, -0.15) is 5.10 Å². The molecule has 2 heterocycles. The summed E-state index contributed by atoms with van der Waals surface area (Å²) >= 11 is 0. The molecule has 0 spiro atoms. The van der Waals surface area contributed by atoms with Crippen LogP contribution in [0.25, 0.3) is 22.0 Å². The fourth-order valence-electron chi connectivity index (χ4n) is 3.66. The fourth-order valence-corrected chi connectivity index (χ4v) is 3.66. The zero-order valence-corrected chi connectivity index (χ0v) is 14.7. The number of aromatic nitrogens is 2. The highest BCUT2D eigenvalue weighted by atomic mass is 16.1. The molecule has 0 amide bonds. The number of aromatic amines is 1. The standard InChI is InChI=1S/C21H23N3O/c1-14-11-12-24(13-15(14)2)17-9-7-16(8-10-17)20-18-5-3-4-6-19(18)21(25)23-22-20/h3-10,14-15H,11-13H2,1-2H3,(H,23,25). The van der Waals surface area contributed by atoms with Crippen LogP contribution in [0.5, 0.6) is 0 Å². The topological polar surface area (TPSA) is 49.0 Å². The molecule has 0 aliphatic carbocycles. The van der Waals surface area contributed by atoms with Crippen molar-refractivity contribution in [3.8, 4) is 11.3 Å². The smallest absolute Gasteiger partial charge is 0.272 e. The van der Waals surface area contributed by atoms with Crippen LogP contribution >= 0.6 is 0 Å². The molecule has 1 fully saturated rings. The van der Waals surface area contributed by atoms with Crippen molar-refractivity contribution in [2.24, 2.45) is 11.8 Å². The van der Waals surface area contributed by atoms with E-state index in [1.807, 2.05) is 24.3 Å². The SMILES string of the molecule is CC1CCN(c2ccc(-c3n[nH]c(=O)c4ccccc34)cc2)CC1C. The summed E-state index contributed by atoms with van der Waals surface area (Å²) in [5, 5.41) is 8.47. The van der Waals surface area contributed by atoms with Crippen LogP contribution in [0.15, 0.2) is 53.3 Å². The van der Waals surface area contributed by atoms with Crippen molar-refractivity contribution in [2.45, 2.75) is 20.3 Å². The molecule has 1 aliphatic rings. The zero-order valence-electron chi connectivity index (χ0n) is 14.7. The average Bonchev–Trinajstić information content (AvgIpc) is 2.65. The third-order valence-electron chi connectivity index (χ3n) is 5.54. The van der Waals surface area contributed by atoms with Gasteiger partial charge in [-0.1, -0.05) is 44.2 Å². The van der Waals surface area contributed by atoms with Crippen LogP contribution in [0.3, 0.4) is 0 Å². The summed E-state index contributed by atoms with van der Waals surface area (Å²) in [7, 11) is 0. The molecule has 2 atom stereocenters. The molecule has 0 radical (unpaired) electrons. The molecule has 25 heavy (non-hydrogen) atoms. The Morgan fingerprint density at radius 3 is 2.44 bits per heavy atom. The number of fused-ring (bicyclic) bond motifs is 1. The molecule has 0 bridgehead atoms. The Labute approximate surface area is 147 Å². The van der Waals surface area contributed by atoms with E-state index in [9.17, 15) is 4.79 Å². The summed E-state index contributed by atoms with van der Waals surface area (Å²) in [6, 6.07) is 16.1. The van der Waals surface area contributed by atoms with Gasteiger partial charge in [0.05, 0.1) is 11.1 Å². The minimum Gasteiger partial charge on any atom is -0.371 e. The molecular formula is C21H23N3O. The second-order valence-electron chi connectivity index (χ2n) is 7.18. The number of nitrogens with zero attached hydrogens (tertiary/aromatic N) is 2. The summed E-state index contributed by atoms with van der Waals surface area (Å²) in [6.45, 7) is 6.91. The Kier molecular flexibility index (Phi) is 4.04. The van der Waals surface area contributed by atoms with Crippen molar-refractivity contribution in [1.29, 1.82) is 0 Å². The van der Waals surface area contributed by atoms with Gasteiger partial charge in [-0.25, -0.2) is 5.10 Å². The molecule has 4 heteroatoms. The number of anilines is 1. The summed E-state index contributed by atoms with van der Waals surface area (Å²) in [6.07, 6.45) is 1.25. The van der Waals surface area contributed by atoms with E-state index in [-0.39, 0.29) is 5.56 Å². The first-order valence-corrected chi connectivity index (χ1v) is 8.96. The molecule has 1 saturated heterocycles. The van der Waals surface area contributed by atoms with Gasteiger partial charge in [0.25, 0.3) is 5.56 Å². The summed E-state index contributed by atoms with van der Waals surface area (Å²) in [4.78, 5) is 14.4. The maximum atomic E-state index is 12.0. The average molecular weight is 333 g/mol. The number of rotatable bonds is 2. The van der Waals surface area contributed by atoms with Crippen LogP contribution in [0, 0.1) is 11.8 Å². The number of piperidine rings is 1. The first-order valence-electron chi connectivity index (χ1n) is 8.96. The van der Waals surface area contributed by atoms with Crippen molar-refractivity contribution in [3.63, 3.8) is 0 Å². The number of nitrogens with one attached hydrogen (secondary N) is 1. The van der Waals surface area contributed by atoms with Crippen molar-refractivity contribution in [3.05, 3.63) is 58.9 Å². The third-order valence-corrected chi connectivity index (χ3v) is 5.54. The van der Waals surface area contributed by atoms with Gasteiger partial charge in [-0.05, 0) is 36.5 Å². The van der Waals surface area contributed by atoms with Gasteiger partial charge in [0.2, 0.25) is 0 Å². The van der Waals surface area contributed by atoms with E-state index in [1.165, 1.54) is 12.1 Å². The maximum absolute atomic E-state index is 12.0. The summed E-state index contributed by atoms with van der Waals surface area (Å²) in [5.74, 6) is 1.52. The zero-order chi connectivity index (χ0) is 17.4. The van der Waals surface area contributed by atoms with E-state index < -0.39 is 0 Å². The summed E-state index contributed by atoms with van der Waals surface area (Å²) in [5.41, 5.74) is 2.96. The highest BCUT2D eigenvalue weighted by molar-refractivity contribution is 5.93. The predicted molar refractivity (Wildman–Crippen MR) is 103 cm³/mol. The van der Waals surface area contributed by atoms with Crippen LogP contribution in [0.2, 0.25) is 0 Å². The molecule has 128 valence electrons. The van der Waals surface area contributed by atoms with Crippen molar-refractivity contribution in [1.82, 2.24) is 10.2 Å². The minimum absolute atomic E-state index is 0.146. The first kappa shape index (κ1) is 15.9. The third kappa shape index (κ3) is 2.93. The number of hydrogen-bond acceptors (Lipinski definition) is 3. The van der Waals surface area contributed by atoms with E-state index in [2.05, 4.69) is 53.2 Å². The van der Waals surface area contributed by atoms with Gasteiger partial charge >= 0.3 is 0 Å². The van der Waals surface area contributed by atoms with E-state index in [1.54, 1.807) is 0 Å². The number of hydrogen-bond donors (Lipinski definition) is 1. The van der Waals surface area contributed by atoms with Gasteiger partial charge in [0, 0.05) is 29.7 Å². The van der Waals surface area contributed by atoms with Gasteiger partial charge in [0.1, 0.15) is 0 Å². The molecule has 1 aliphatic heterocycles. The highest BCUT2D eigenvalue weighted by Gasteiger charge is 2.22. The van der Waals surface area contributed by atoms with E-state index in [0.29, 0.717) is 5.39 Å². The Hall–Kier alpha value is -2.62. The molecule has 3 aromatic rings. The Balaban J connectivity index is 1.67. The Morgan fingerprint density at radius 2 is 1.72 bits per heavy atom. The summed E-state index contributed by atoms with van der Waals surface area (Å²) < 4.78 is 0. The van der Waals surface area contributed by atoms with E-state index in [0.717, 1.165) is 41.6 Å². The minimum atomic E-state index is -0.146. The van der Waals surface area contributed by atoms with Crippen LogP contribution in [-0.4, -0.2) is 23.3 Å². The van der Waals surface area contributed by atoms with Crippen molar-refractivity contribution in [2.75, 3.05) is 18.0 Å². The largest absolute Gasteiger partial charge is 0.371 e. The van der Waals surface area contributed by atoms with Crippen LogP contribution < -0.4 is 10.5 Å². The van der Waals surface area contributed by atoms with E-state index >= 15 is 0 Å².